The molecule has 1 aliphatic heterocycles. The van der Waals surface area contributed by atoms with E-state index in [4.69, 9.17) is 11.6 Å². The molecular formula is C14H18ClF3N2. The van der Waals surface area contributed by atoms with Crippen molar-refractivity contribution in [3.05, 3.63) is 28.8 Å². The van der Waals surface area contributed by atoms with Gasteiger partial charge in [-0.3, -0.25) is 4.90 Å². The van der Waals surface area contributed by atoms with Crippen molar-refractivity contribution in [2.24, 2.45) is 0 Å². The molecule has 0 aliphatic carbocycles. The molecule has 1 atom stereocenters. The highest BCUT2D eigenvalue weighted by atomic mass is 35.5. The first kappa shape index (κ1) is 15.4. The molecule has 0 amide bonds. The maximum atomic E-state index is 12.7. The molecule has 1 unspecified atom stereocenters. The van der Waals surface area contributed by atoms with Gasteiger partial charge in [-0.1, -0.05) is 11.6 Å². The van der Waals surface area contributed by atoms with Crippen molar-refractivity contribution in [2.75, 3.05) is 18.4 Å². The highest BCUT2D eigenvalue weighted by Gasteiger charge is 2.31. The van der Waals surface area contributed by atoms with Crippen molar-refractivity contribution in [1.29, 1.82) is 0 Å². The summed E-state index contributed by atoms with van der Waals surface area (Å²) in [6.45, 7) is 6.00. The number of nitrogens with zero attached hydrogens (tertiary/aromatic N) is 1. The van der Waals surface area contributed by atoms with Crippen molar-refractivity contribution < 1.29 is 13.2 Å². The van der Waals surface area contributed by atoms with E-state index >= 15 is 0 Å². The van der Waals surface area contributed by atoms with Crippen LogP contribution in [0.5, 0.6) is 0 Å². The van der Waals surface area contributed by atoms with Gasteiger partial charge < -0.3 is 5.32 Å². The van der Waals surface area contributed by atoms with Crippen molar-refractivity contribution in [3.8, 4) is 0 Å². The SMILES string of the molecule is CC(C)N1CCC(Nc2cc(C(F)(F)F)ccc2Cl)C1. The van der Waals surface area contributed by atoms with Crippen LogP contribution >= 0.6 is 11.6 Å². The number of benzene rings is 1. The number of nitrogens with one attached hydrogen (secondary N) is 1. The molecule has 1 aromatic carbocycles. The minimum Gasteiger partial charge on any atom is -0.380 e. The molecular weight excluding hydrogens is 289 g/mol. The highest BCUT2D eigenvalue weighted by Crippen LogP contribution is 2.34. The largest absolute Gasteiger partial charge is 0.416 e. The van der Waals surface area contributed by atoms with E-state index in [1.54, 1.807) is 0 Å². The van der Waals surface area contributed by atoms with Crippen LogP contribution in [0, 0.1) is 0 Å². The zero-order valence-corrected chi connectivity index (χ0v) is 12.2. The fraction of sp³-hybridized carbons (Fsp3) is 0.571. The van der Waals surface area contributed by atoms with Crippen LogP contribution in [-0.2, 0) is 6.18 Å². The summed E-state index contributed by atoms with van der Waals surface area (Å²) < 4.78 is 38.1. The molecule has 2 rings (SSSR count). The van der Waals surface area contributed by atoms with Gasteiger partial charge in [0.1, 0.15) is 0 Å². The second-order valence-corrected chi connectivity index (χ2v) is 5.82. The Hall–Kier alpha value is -0.940. The summed E-state index contributed by atoms with van der Waals surface area (Å²) in [5.74, 6) is 0. The van der Waals surface area contributed by atoms with Gasteiger partial charge in [0.05, 0.1) is 16.3 Å². The van der Waals surface area contributed by atoms with Crippen molar-refractivity contribution >= 4 is 17.3 Å². The third kappa shape index (κ3) is 3.58. The maximum absolute atomic E-state index is 12.7. The summed E-state index contributed by atoms with van der Waals surface area (Å²) >= 11 is 5.98. The lowest BCUT2D eigenvalue weighted by atomic mass is 10.1. The molecule has 1 saturated heterocycles. The summed E-state index contributed by atoms with van der Waals surface area (Å²) in [6, 6.07) is 3.96. The van der Waals surface area contributed by atoms with Gasteiger partial charge in [0.25, 0.3) is 0 Å². The van der Waals surface area contributed by atoms with Gasteiger partial charge in [0.15, 0.2) is 0 Å². The monoisotopic (exact) mass is 306 g/mol. The third-order valence-corrected chi connectivity index (χ3v) is 3.93. The number of hydrogen-bond acceptors (Lipinski definition) is 2. The molecule has 1 fully saturated rings. The Balaban J connectivity index is 2.10. The quantitative estimate of drug-likeness (QED) is 0.898. The van der Waals surface area contributed by atoms with Gasteiger partial charge in [0, 0.05) is 25.2 Å². The molecule has 1 heterocycles. The molecule has 1 aromatic rings. The number of halogens is 4. The molecule has 112 valence electrons. The Bertz CT molecular complexity index is 474. The summed E-state index contributed by atoms with van der Waals surface area (Å²) in [7, 11) is 0. The summed E-state index contributed by atoms with van der Waals surface area (Å²) in [6.07, 6.45) is -3.44. The molecule has 1 aliphatic rings. The molecule has 0 spiro atoms. The van der Waals surface area contributed by atoms with Crippen LogP contribution in [-0.4, -0.2) is 30.1 Å². The van der Waals surface area contributed by atoms with E-state index in [0.29, 0.717) is 16.8 Å². The van der Waals surface area contributed by atoms with Crippen LogP contribution in [0.3, 0.4) is 0 Å². The average molecular weight is 307 g/mol. The van der Waals surface area contributed by atoms with E-state index in [2.05, 4.69) is 24.1 Å². The minimum atomic E-state index is -4.35. The predicted molar refractivity (Wildman–Crippen MR) is 75.2 cm³/mol. The Morgan fingerprint density at radius 2 is 2.05 bits per heavy atom. The molecule has 0 bridgehead atoms. The first-order valence-electron chi connectivity index (χ1n) is 6.64. The van der Waals surface area contributed by atoms with Crippen molar-refractivity contribution in [3.63, 3.8) is 0 Å². The van der Waals surface area contributed by atoms with E-state index in [1.165, 1.54) is 6.07 Å². The second kappa shape index (κ2) is 5.82. The van der Waals surface area contributed by atoms with Gasteiger partial charge in [-0.2, -0.15) is 13.2 Å². The van der Waals surface area contributed by atoms with Crippen molar-refractivity contribution in [1.82, 2.24) is 4.90 Å². The predicted octanol–water partition coefficient (Wildman–Crippen LogP) is 4.25. The van der Waals surface area contributed by atoms with E-state index in [0.717, 1.165) is 31.6 Å². The topological polar surface area (TPSA) is 15.3 Å². The van der Waals surface area contributed by atoms with Crippen LogP contribution in [0.2, 0.25) is 5.02 Å². The molecule has 0 aromatic heterocycles. The molecule has 0 saturated carbocycles. The van der Waals surface area contributed by atoms with Crippen LogP contribution in [0.1, 0.15) is 25.8 Å². The third-order valence-electron chi connectivity index (χ3n) is 3.60. The molecule has 1 N–H and O–H groups in total. The van der Waals surface area contributed by atoms with E-state index in [9.17, 15) is 13.2 Å². The summed E-state index contributed by atoms with van der Waals surface area (Å²) in [5, 5.41) is 3.45. The van der Waals surface area contributed by atoms with Gasteiger partial charge in [-0.25, -0.2) is 0 Å². The van der Waals surface area contributed by atoms with Crippen LogP contribution in [0.4, 0.5) is 18.9 Å². The van der Waals surface area contributed by atoms with Gasteiger partial charge >= 0.3 is 6.18 Å². The Morgan fingerprint density at radius 1 is 1.35 bits per heavy atom. The fourth-order valence-electron chi connectivity index (χ4n) is 2.41. The number of likely N-dealkylation sites (tertiary alicyclic amines) is 1. The zero-order chi connectivity index (χ0) is 14.9. The lowest BCUT2D eigenvalue weighted by Gasteiger charge is -2.21. The van der Waals surface area contributed by atoms with Crippen molar-refractivity contribution in [2.45, 2.75) is 38.5 Å². The fourth-order valence-corrected chi connectivity index (χ4v) is 2.58. The summed E-state index contributed by atoms with van der Waals surface area (Å²) in [5.41, 5.74) is -0.319. The smallest absolute Gasteiger partial charge is 0.380 e. The van der Waals surface area contributed by atoms with Gasteiger partial charge in [-0.15, -0.1) is 0 Å². The molecule has 20 heavy (non-hydrogen) atoms. The molecule has 2 nitrogen and oxygen atoms in total. The lowest BCUT2D eigenvalue weighted by molar-refractivity contribution is -0.137. The Morgan fingerprint density at radius 3 is 2.60 bits per heavy atom. The normalized spacial score (nSPS) is 20.6. The highest BCUT2D eigenvalue weighted by molar-refractivity contribution is 6.33. The number of alkyl halides is 3. The molecule has 0 radical (unpaired) electrons. The van der Waals surface area contributed by atoms with Gasteiger partial charge in [-0.05, 0) is 38.5 Å². The van der Waals surface area contributed by atoms with Crippen LogP contribution in [0.15, 0.2) is 18.2 Å². The van der Waals surface area contributed by atoms with Gasteiger partial charge in [0.2, 0.25) is 0 Å². The van der Waals surface area contributed by atoms with E-state index in [-0.39, 0.29) is 6.04 Å². The second-order valence-electron chi connectivity index (χ2n) is 5.41. The zero-order valence-electron chi connectivity index (χ0n) is 11.5. The first-order chi connectivity index (χ1) is 9.27. The molecule has 6 heteroatoms. The number of rotatable bonds is 3. The summed E-state index contributed by atoms with van der Waals surface area (Å²) in [4.78, 5) is 2.29. The average Bonchev–Trinajstić information content (AvgIpc) is 2.79. The maximum Gasteiger partial charge on any atom is 0.416 e. The standard InChI is InChI=1S/C14H18ClF3N2/c1-9(2)20-6-5-11(8-20)19-13-7-10(14(16,17)18)3-4-12(13)15/h3-4,7,9,11,19H,5-6,8H2,1-2H3. The number of anilines is 1. The Kier molecular flexibility index (Phi) is 4.49. The first-order valence-corrected chi connectivity index (χ1v) is 7.02. The van der Waals surface area contributed by atoms with E-state index in [1.807, 2.05) is 0 Å². The number of hydrogen-bond donors (Lipinski definition) is 1. The van der Waals surface area contributed by atoms with Crippen LogP contribution < -0.4 is 5.32 Å². The van der Waals surface area contributed by atoms with E-state index < -0.39 is 11.7 Å². The Labute approximate surface area is 121 Å². The minimum absolute atomic E-state index is 0.137. The lowest BCUT2D eigenvalue weighted by Crippen LogP contribution is -2.31. The van der Waals surface area contributed by atoms with Crippen LogP contribution in [0.25, 0.3) is 0 Å².